The monoisotopic (exact) mass is 376 g/mol. The number of piperazine rings is 1. The Bertz CT molecular complexity index is 633. The first kappa shape index (κ1) is 18.0. The zero-order chi connectivity index (χ0) is 17.9. The van der Waals surface area contributed by atoms with E-state index in [-0.39, 0.29) is 17.9 Å². The van der Waals surface area contributed by atoms with Crippen molar-refractivity contribution in [2.24, 2.45) is 0 Å². The number of ether oxygens (including phenoxy) is 1. The topological polar surface area (TPSA) is 49.9 Å². The van der Waals surface area contributed by atoms with Crippen LogP contribution in [0.2, 0.25) is 0 Å². The summed E-state index contributed by atoms with van der Waals surface area (Å²) in [5.74, 6) is 0.250. The second kappa shape index (κ2) is 8.09. The van der Waals surface area contributed by atoms with Crippen LogP contribution in [0.15, 0.2) is 6.07 Å². The van der Waals surface area contributed by atoms with Crippen molar-refractivity contribution in [3.8, 4) is 0 Å². The van der Waals surface area contributed by atoms with Gasteiger partial charge in [-0.15, -0.1) is 11.3 Å². The summed E-state index contributed by atoms with van der Waals surface area (Å²) in [6.07, 6.45) is 8.87. The lowest BCUT2D eigenvalue weighted by Gasteiger charge is -2.35. The van der Waals surface area contributed by atoms with Crippen LogP contribution in [-0.2, 0) is 22.4 Å². The molecule has 3 aliphatic rings. The van der Waals surface area contributed by atoms with Gasteiger partial charge in [-0.3, -0.25) is 9.59 Å². The maximum absolute atomic E-state index is 12.9. The van der Waals surface area contributed by atoms with Crippen molar-refractivity contribution in [1.82, 2.24) is 9.80 Å². The van der Waals surface area contributed by atoms with E-state index in [9.17, 15) is 9.59 Å². The van der Waals surface area contributed by atoms with Gasteiger partial charge < -0.3 is 14.5 Å². The highest BCUT2D eigenvalue weighted by molar-refractivity contribution is 7.14. The van der Waals surface area contributed by atoms with Crippen LogP contribution in [0.25, 0.3) is 0 Å². The molecule has 5 nitrogen and oxygen atoms in total. The van der Waals surface area contributed by atoms with Crippen LogP contribution >= 0.6 is 11.3 Å². The number of hydrogen-bond acceptors (Lipinski definition) is 4. The molecule has 0 bridgehead atoms. The molecule has 3 heterocycles. The fourth-order valence-electron chi connectivity index (χ4n) is 4.21. The van der Waals surface area contributed by atoms with Crippen molar-refractivity contribution in [2.75, 3.05) is 32.8 Å². The third-order valence-corrected chi connectivity index (χ3v) is 7.02. The molecule has 0 spiro atoms. The average molecular weight is 377 g/mol. The second-order valence-corrected chi connectivity index (χ2v) is 8.73. The molecule has 2 fully saturated rings. The summed E-state index contributed by atoms with van der Waals surface area (Å²) in [5, 5.41) is 0. The summed E-state index contributed by atoms with van der Waals surface area (Å²) >= 11 is 1.70. The van der Waals surface area contributed by atoms with Gasteiger partial charge in [-0.25, -0.2) is 0 Å². The third-order valence-electron chi connectivity index (χ3n) is 5.79. The number of fused-ring (bicyclic) bond motifs is 1. The first-order valence-corrected chi connectivity index (χ1v) is 10.9. The minimum absolute atomic E-state index is 0.105. The zero-order valence-corrected chi connectivity index (χ0v) is 16.2. The highest BCUT2D eigenvalue weighted by Crippen LogP contribution is 2.29. The van der Waals surface area contributed by atoms with Gasteiger partial charge in [0, 0.05) is 37.7 Å². The van der Waals surface area contributed by atoms with Gasteiger partial charge in [-0.1, -0.05) is 12.8 Å². The van der Waals surface area contributed by atoms with Crippen molar-refractivity contribution in [3.05, 3.63) is 21.4 Å². The Morgan fingerprint density at radius 2 is 1.69 bits per heavy atom. The molecule has 142 valence electrons. The summed E-state index contributed by atoms with van der Waals surface area (Å²) in [6.45, 7) is 3.18. The van der Waals surface area contributed by atoms with E-state index in [4.69, 9.17) is 4.74 Å². The van der Waals surface area contributed by atoms with Gasteiger partial charge >= 0.3 is 0 Å². The molecular formula is C20H28N2O3S. The average Bonchev–Trinajstić information content (AvgIpc) is 3.31. The van der Waals surface area contributed by atoms with Crippen LogP contribution in [0.1, 0.15) is 58.6 Å². The molecule has 1 aromatic rings. The number of thiophene rings is 1. The standard InChI is InChI=1S/C20H28N2O3S/c23-19(16-7-5-13-25-16)21-9-11-22(12-10-21)20(24)18-14-15-6-3-1-2-4-8-17(15)26-18/h14,16H,1-13H2/t16-/m0/s1. The van der Waals surface area contributed by atoms with E-state index in [0.717, 1.165) is 30.6 Å². The lowest BCUT2D eigenvalue weighted by atomic mass is 10.00. The van der Waals surface area contributed by atoms with Gasteiger partial charge in [0.25, 0.3) is 11.8 Å². The van der Waals surface area contributed by atoms with Crippen LogP contribution in [0.5, 0.6) is 0 Å². The van der Waals surface area contributed by atoms with E-state index in [0.29, 0.717) is 32.8 Å². The summed E-state index contributed by atoms with van der Waals surface area (Å²) in [7, 11) is 0. The van der Waals surface area contributed by atoms with Crippen LogP contribution in [-0.4, -0.2) is 60.5 Å². The van der Waals surface area contributed by atoms with E-state index >= 15 is 0 Å². The Kier molecular flexibility index (Phi) is 5.60. The van der Waals surface area contributed by atoms with Crippen LogP contribution in [0.4, 0.5) is 0 Å². The number of amides is 2. The van der Waals surface area contributed by atoms with Gasteiger partial charge in [-0.2, -0.15) is 0 Å². The van der Waals surface area contributed by atoms with Crippen LogP contribution < -0.4 is 0 Å². The first-order chi connectivity index (χ1) is 12.7. The maximum atomic E-state index is 12.9. The Labute approximate surface area is 159 Å². The highest BCUT2D eigenvalue weighted by Gasteiger charge is 2.32. The molecule has 6 heteroatoms. The molecule has 1 aromatic heterocycles. The quantitative estimate of drug-likeness (QED) is 0.797. The van der Waals surface area contributed by atoms with E-state index in [1.165, 1.54) is 36.1 Å². The number of hydrogen-bond donors (Lipinski definition) is 0. The fourth-order valence-corrected chi connectivity index (χ4v) is 5.43. The number of nitrogens with zero attached hydrogens (tertiary/aromatic N) is 2. The molecule has 0 saturated carbocycles. The van der Waals surface area contributed by atoms with Gasteiger partial charge in [-0.05, 0) is 50.2 Å². The van der Waals surface area contributed by atoms with Gasteiger partial charge in [0.1, 0.15) is 6.10 Å². The van der Waals surface area contributed by atoms with Crippen molar-refractivity contribution in [2.45, 2.75) is 57.5 Å². The molecular weight excluding hydrogens is 348 g/mol. The largest absolute Gasteiger partial charge is 0.368 e. The SMILES string of the molecule is O=C(c1cc2c(s1)CCCCCC2)N1CCN(C(=O)[C@@H]2CCCO2)CC1. The predicted octanol–water partition coefficient (Wildman–Crippen LogP) is 2.87. The van der Waals surface area contributed by atoms with Crippen LogP contribution in [0.3, 0.4) is 0 Å². The zero-order valence-electron chi connectivity index (χ0n) is 15.4. The smallest absolute Gasteiger partial charge is 0.264 e. The van der Waals surface area contributed by atoms with E-state index in [1.807, 2.05) is 9.80 Å². The van der Waals surface area contributed by atoms with Gasteiger partial charge in [0.15, 0.2) is 0 Å². The molecule has 0 radical (unpaired) electrons. The normalized spacial score (nSPS) is 24.1. The van der Waals surface area contributed by atoms with Crippen molar-refractivity contribution in [3.63, 3.8) is 0 Å². The first-order valence-electron chi connectivity index (χ1n) is 10.0. The molecule has 2 amide bonds. The minimum Gasteiger partial charge on any atom is -0.368 e. The molecule has 2 aliphatic heterocycles. The molecule has 1 aliphatic carbocycles. The van der Waals surface area contributed by atoms with Gasteiger partial charge in [0.2, 0.25) is 0 Å². The van der Waals surface area contributed by atoms with E-state index in [2.05, 4.69) is 6.07 Å². The molecule has 1 atom stereocenters. The highest BCUT2D eigenvalue weighted by atomic mass is 32.1. The third kappa shape index (κ3) is 3.81. The molecule has 26 heavy (non-hydrogen) atoms. The molecule has 0 unspecified atom stereocenters. The lowest BCUT2D eigenvalue weighted by molar-refractivity contribution is -0.142. The number of carbonyl (C=O) groups is 2. The second-order valence-electron chi connectivity index (χ2n) is 7.59. The van der Waals surface area contributed by atoms with Crippen molar-refractivity contribution < 1.29 is 14.3 Å². The van der Waals surface area contributed by atoms with Crippen molar-refractivity contribution >= 4 is 23.2 Å². The molecule has 0 N–H and O–H groups in total. The lowest BCUT2D eigenvalue weighted by Crippen LogP contribution is -2.52. The molecule has 0 aromatic carbocycles. The Morgan fingerprint density at radius 1 is 0.962 bits per heavy atom. The molecule has 4 rings (SSSR count). The maximum Gasteiger partial charge on any atom is 0.264 e. The van der Waals surface area contributed by atoms with Gasteiger partial charge in [0.05, 0.1) is 4.88 Å². The predicted molar refractivity (Wildman–Crippen MR) is 102 cm³/mol. The Hall–Kier alpha value is -1.40. The van der Waals surface area contributed by atoms with Crippen molar-refractivity contribution in [1.29, 1.82) is 0 Å². The minimum atomic E-state index is -0.255. The van der Waals surface area contributed by atoms with E-state index < -0.39 is 0 Å². The van der Waals surface area contributed by atoms with E-state index in [1.54, 1.807) is 11.3 Å². The summed E-state index contributed by atoms with van der Waals surface area (Å²) in [6, 6.07) is 2.14. The number of rotatable bonds is 2. The number of aryl methyl sites for hydroxylation is 2. The fraction of sp³-hybridized carbons (Fsp3) is 0.700. The van der Waals surface area contributed by atoms with Crippen LogP contribution in [0, 0.1) is 0 Å². The molecule has 2 saturated heterocycles. The Balaban J connectivity index is 1.36. The summed E-state index contributed by atoms with van der Waals surface area (Å²) in [4.78, 5) is 31.5. The summed E-state index contributed by atoms with van der Waals surface area (Å²) < 4.78 is 5.51. The summed E-state index contributed by atoms with van der Waals surface area (Å²) in [5.41, 5.74) is 1.39. The Morgan fingerprint density at radius 3 is 2.42 bits per heavy atom. The number of carbonyl (C=O) groups excluding carboxylic acids is 2.